The lowest BCUT2D eigenvalue weighted by atomic mass is 10.1. The molecular formula is C21H22FN3O6S. The highest BCUT2D eigenvalue weighted by Crippen LogP contribution is 2.40. The number of sulfonamides is 1. The van der Waals surface area contributed by atoms with Crippen molar-refractivity contribution in [2.75, 3.05) is 30.8 Å². The molecule has 1 amide bonds. The van der Waals surface area contributed by atoms with Crippen LogP contribution in [0.15, 0.2) is 34.7 Å². The number of fused-ring (bicyclic) bond motifs is 2. The molecule has 2 aromatic heterocycles. The average Bonchev–Trinajstić information content (AvgIpc) is 3.05. The molecule has 11 heteroatoms. The molecule has 0 fully saturated rings. The van der Waals surface area contributed by atoms with Gasteiger partial charge in [0.25, 0.3) is 5.91 Å². The number of halogens is 1. The minimum absolute atomic E-state index is 0.103. The number of aliphatic hydroxyl groups excluding tert-OH is 1. The van der Waals surface area contributed by atoms with E-state index >= 15 is 0 Å². The van der Waals surface area contributed by atoms with Crippen molar-refractivity contribution in [2.24, 2.45) is 0 Å². The summed E-state index contributed by atoms with van der Waals surface area (Å²) in [6.07, 6.45) is -0.374. The fraction of sp³-hybridized carbons (Fsp3) is 0.333. The Bertz CT molecular complexity index is 1290. The molecule has 3 heterocycles. The maximum atomic E-state index is 13.4. The lowest BCUT2D eigenvalue weighted by Gasteiger charge is -2.23. The SMILES string of the molecule is CNC(=O)c1c(-c2ccc(F)cc2)oc2cc3c(nc12)[C@H](C)O[C@H](CO)CN3S(C)(=O)=O. The number of pyridine rings is 1. The Morgan fingerprint density at radius 3 is 2.62 bits per heavy atom. The van der Waals surface area contributed by atoms with Gasteiger partial charge >= 0.3 is 0 Å². The van der Waals surface area contributed by atoms with E-state index in [1.165, 1.54) is 37.4 Å². The lowest BCUT2D eigenvalue weighted by molar-refractivity contribution is -0.0242. The Hall–Kier alpha value is -3.02. The highest BCUT2D eigenvalue weighted by molar-refractivity contribution is 7.92. The summed E-state index contributed by atoms with van der Waals surface area (Å²) in [6.45, 7) is 1.21. The molecule has 32 heavy (non-hydrogen) atoms. The number of carbonyl (C=O) groups is 1. The fourth-order valence-corrected chi connectivity index (χ4v) is 4.70. The van der Waals surface area contributed by atoms with Gasteiger partial charge in [-0.2, -0.15) is 0 Å². The minimum atomic E-state index is -3.74. The van der Waals surface area contributed by atoms with Crippen molar-refractivity contribution in [2.45, 2.75) is 19.1 Å². The number of ether oxygens (including phenoxy) is 1. The van der Waals surface area contributed by atoms with Crippen molar-refractivity contribution in [3.63, 3.8) is 0 Å². The number of nitrogens with zero attached hydrogens (tertiary/aromatic N) is 2. The van der Waals surface area contributed by atoms with Gasteiger partial charge in [-0.3, -0.25) is 9.10 Å². The summed E-state index contributed by atoms with van der Waals surface area (Å²) in [5.74, 6) is -0.727. The molecule has 1 aromatic carbocycles. The molecule has 1 aliphatic rings. The van der Waals surface area contributed by atoms with Crippen LogP contribution in [0.4, 0.5) is 10.1 Å². The fourth-order valence-electron chi connectivity index (χ4n) is 3.76. The molecule has 2 N–H and O–H groups in total. The smallest absolute Gasteiger partial charge is 0.257 e. The van der Waals surface area contributed by atoms with Gasteiger partial charge in [-0.1, -0.05) is 0 Å². The zero-order valence-electron chi connectivity index (χ0n) is 17.6. The number of aromatic nitrogens is 1. The van der Waals surface area contributed by atoms with Gasteiger partial charge in [0.05, 0.1) is 36.9 Å². The number of amides is 1. The quantitative estimate of drug-likeness (QED) is 0.608. The van der Waals surface area contributed by atoms with Crippen LogP contribution in [0.3, 0.4) is 0 Å². The Balaban J connectivity index is 2.01. The first kappa shape index (κ1) is 22.2. The van der Waals surface area contributed by atoms with E-state index in [0.29, 0.717) is 5.56 Å². The number of rotatable bonds is 4. The predicted molar refractivity (Wildman–Crippen MR) is 115 cm³/mol. The van der Waals surface area contributed by atoms with E-state index in [1.54, 1.807) is 6.92 Å². The number of carbonyl (C=O) groups excluding carboxylic acids is 1. The summed E-state index contributed by atoms with van der Waals surface area (Å²) in [6, 6.07) is 6.94. The molecular weight excluding hydrogens is 441 g/mol. The largest absolute Gasteiger partial charge is 0.453 e. The standard InChI is InChI=1S/C21H22FN3O6S/c1-11-18-15(25(32(3,28)29)9-14(10-26)30-11)8-16-19(24-18)17(21(27)23-2)20(31-16)12-4-6-13(22)7-5-12/h4-8,11,14,26H,9-10H2,1-3H3,(H,23,27)/t11-,14-/m0/s1. The molecule has 0 radical (unpaired) electrons. The van der Waals surface area contributed by atoms with E-state index in [-0.39, 0.29) is 47.0 Å². The molecule has 0 saturated heterocycles. The maximum absolute atomic E-state index is 13.4. The first-order valence-corrected chi connectivity index (χ1v) is 11.7. The monoisotopic (exact) mass is 463 g/mol. The second-order valence-corrected chi connectivity index (χ2v) is 9.42. The number of benzene rings is 1. The Morgan fingerprint density at radius 1 is 1.34 bits per heavy atom. The molecule has 0 spiro atoms. The number of anilines is 1. The zero-order chi connectivity index (χ0) is 23.2. The van der Waals surface area contributed by atoms with Gasteiger partial charge in [-0.05, 0) is 31.2 Å². The van der Waals surface area contributed by atoms with Crippen molar-refractivity contribution in [1.29, 1.82) is 0 Å². The van der Waals surface area contributed by atoms with Crippen LogP contribution >= 0.6 is 0 Å². The zero-order valence-corrected chi connectivity index (χ0v) is 18.4. The van der Waals surface area contributed by atoms with Crippen molar-refractivity contribution in [3.05, 3.63) is 47.4 Å². The van der Waals surface area contributed by atoms with Crippen LogP contribution in [0.1, 0.15) is 29.1 Å². The van der Waals surface area contributed by atoms with Gasteiger partial charge < -0.3 is 19.6 Å². The normalized spacial score (nSPS) is 19.0. The van der Waals surface area contributed by atoms with Crippen LogP contribution in [-0.4, -0.2) is 57.0 Å². The second-order valence-electron chi connectivity index (χ2n) is 7.51. The van der Waals surface area contributed by atoms with Crippen molar-refractivity contribution >= 4 is 32.7 Å². The number of hydrogen-bond acceptors (Lipinski definition) is 7. The third-order valence-electron chi connectivity index (χ3n) is 5.26. The predicted octanol–water partition coefficient (Wildman–Crippen LogP) is 2.21. The van der Waals surface area contributed by atoms with Crippen LogP contribution in [-0.2, 0) is 14.8 Å². The number of furan rings is 1. The molecule has 0 unspecified atom stereocenters. The molecule has 9 nitrogen and oxygen atoms in total. The summed E-state index contributed by atoms with van der Waals surface area (Å²) in [5.41, 5.74) is 1.53. The summed E-state index contributed by atoms with van der Waals surface area (Å²) < 4.78 is 51.3. The van der Waals surface area contributed by atoms with Crippen LogP contribution in [0.5, 0.6) is 0 Å². The topological polar surface area (TPSA) is 122 Å². The summed E-state index contributed by atoms with van der Waals surface area (Å²) in [4.78, 5) is 17.3. The van der Waals surface area contributed by atoms with Gasteiger partial charge in [0.2, 0.25) is 10.0 Å². The van der Waals surface area contributed by atoms with Gasteiger partial charge in [-0.15, -0.1) is 0 Å². The summed E-state index contributed by atoms with van der Waals surface area (Å²) in [7, 11) is -2.28. The molecule has 3 aromatic rings. The minimum Gasteiger partial charge on any atom is -0.453 e. The summed E-state index contributed by atoms with van der Waals surface area (Å²) in [5, 5.41) is 12.2. The first-order chi connectivity index (χ1) is 15.1. The molecule has 0 bridgehead atoms. The molecule has 0 saturated carbocycles. The molecule has 4 rings (SSSR count). The van der Waals surface area contributed by atoms with Crippen molar-refractivity contribution in [1.82, 2.24) is 10.3 Å². The van der Waals surface area contributed by atoms with Crippen LogP contribution in [0.2, 0.25) is 0 Å². The van der Waals surface area contributed by atoms with Crippen LogP contribution in [0.25, 0.3) is 22.4 Å². The van der Waals surface area contributed by atoms with E-state index in [4.69, 9.17) is 9.15 Å². The van der Waals surface area contributed by atoms with E-state index in [2.05, 4.69) is 10.3 Å². The molecule has 0 aliphatic carbocycles. The van der Waals surface area contributed by atoms with E-state index in [0.717, 1.165) is 10.6 Å². The number of aliphatic hydroxyl groups is 1. The third kappa shape index (κ3) is 3.83. The van der Waals surface area contributed by atoms with Gasteiger partial charge in [0, 0.05) is 18.7 Å². The van der Waals surface area contributed by atoms with Crippen LogP contribution in [0, 0.1) is 5.82 Å². The Labute approximate surface area is 183 Å². The van der Waals surface area contributed by atoms with Crippen LogP contribution < -0.4 is 9.62 Å². The molecule has 1 aliphatic heterocycles. The second kappa shape index (κ2) is 8.15. The van der Waals surface area contributed by atoms with Gasteiger partial charge in [0.1, 0.15) is 28.8 Å². The highest BCUT2D eigenvalue weighted by Gasteiger charge is 2.34. The lowest BCUT2D eigenvalue weighted by Crippen LogP contribution is -2.38. The average molecular weight is 463 g/mol. The van der Waals surface area contributed by atoms with Crippen molar-refractivity contribution in [3.8, 4) is 11.3 Å². The highest BCUT2D eigenvalue weighted by atomic mass is 32.2. The van der Waals surface area contributed by atoms with E-state index < -0.39 is 34.0 Å². The Morgan fingerprint density at radius 2 is 2.03 bits per heavy atom. The van der Waals surface area contributed by atoms with Gasteiger partial charge in [-0.25, -0.2) is 17.8 Å². The molecule has 2 atom stereocenters. The van der Waals surface area contributed by atoms with Crippen molar-refractivity contribution < 1.29 is 31.9 Å². The van der Waals surface area contributed by atoms with Gasteiger partial charge in [0.15, 0.2) is 5.58 Å². The van der Waals surface area contributed by atoms with E-state index in [9.17, 15) is 22.7 Å². The van der Waals surface area contributed by atoms with E-state index in [1.807, 2.05) is 0 Å². The number of hydrogen-bond donors (Lipinski definition) is 2. The molecule has 170 valence electrons. The summed E-state index contributed by atoms with van der Waals surface area (Å²) >= 11 is 0. The third-order valence-corrected chi connectivity index (χ3v) is 6.40. The maximum Gasteiger partial charge on any atom is 0.257 e. The number of nitrogens with one attached hydrogen (secondary N) is 1. The Kier molecular flexibility index (Phi) is 5.65. The first-order valence-electron chi connectivity index (χ1n) is 9.83.